The molecule has 0 radical (unpaired) electrons. The topological polar surface area (TPSA) is 193 Å². The molecule has 320 valence electrons. The molecule has 5 aromatic carbocycles. The van der Waals surface area contributed by atoms with E-state index in [9.17, 15) is 19.2 Å². The van der Waals surface area contributed by atoms with Crippen LogP contribution in [0.25, 0.3) is 54.7 Å². The molecule has 3 heterocycles. The average Bonchev–Trinajstić information content (AvgIpc) is 4.04. The van der Waals surface area contributed by atoms with Gasteiger partial charge in [-0.05, 0) is 65.1 Å². The van der Waals surface area contributed by atoms with Crippen LogP contribution in [0.4, 0.5) is 9.59 Å². The molecule has 1 aliphatic rings. The van der Waals surface area contributed by atoms with E-state index >= 15 is 0 Å². The van der Waals surface area contributed by atoms with E-state index in [4.69, 9.17) is 24.2 Å². The van der Waals surface area contributed by atoms with Crippen LogP contribution in [0.1, 0.15) is 43.5 Å². The van der Waals surface area contributed by atoms with Crippen LogP contribution < -0.4 is 10.6 Å². The second-order valence-electron chi connectivity index (χ2n) is 15.3. The molecule has 16 heteroatoms. The first-order valence-corrected chi connectivity index (χ1v) is 20.4. The highest BCUT2D eigenvalue weighted by Crippen LogP contribution is 2.33. The first kappa shape index (κ1) is 41.7. The maximum absolute atomic E-state index is 14.0. The molecule has 1 atom stereocenters. The third-order valence-electron chi connectivity index (χ3n) is 11.0. The van der Waals surface area contributed by atoms with E-state index in [1.807, 2.05) is 43.3 Å². The van der Waals surface area contributed by atoms with E-state index in [-0.39, 0.29) is 38.0 Å². The average molecular weight is 841 g/mol. The standard InChI is InChI=1S/C46H48N8O8/c1-5-19-53(43(56)40(52-45(58)60-4)28-9-7-6-8-10-28)25-37-48-35-17-13-31-22-29(11-15-33(31)41(35)50-37)30-12-16-34-32(23-30)14-18-36-42(34)51-38(49-36)26-54(27-46(2)61-20-21-62-46)39(55)24-47-44(57)59-3/h6-18,22-23,40H,5,19-21,24-27H2,1-4H3,(H,47,57)(H,48,50)(H,49,51)(H,52,58)/t40-/m1/s1. The maximum Gasteiger partial charge on any atom is 0.407 e. The van der Waals surface area contributed by atoms with Crippen LogP contribution in [0, 0.1) is 0 Å². The van der Waals surface area contributed by atoms with Gasteiger partial charge in [0, 0.05) is 17.3 Å². The van der Waals surface area contributed by atoms with Crippen molar-refractivity contribution in [1.29, 1.82) is 0 Å². The third kappa shape index (κ3) is 8.87. The molecule has 0 bridgehead atoms. The number of H-pyrrole nitrogens is 2. The molecule has 1 saturated heterocycles. The minimum Gasteiger partial charge on any atom is -0.453 e. The highest BCUT2D eigenvalue weighted by molar-refractivity contribution is 6.07. The Hall–Kier alpha value is -7.04. The minimum atomic E-state index is -0.982. The molecule has 8 rings (SSSR count). The Kier molecular flexibility index (Phi) is 12.0. The number of carbonyl (C=O) groups is 4. The van der Waals surface area contributed by atoms with Gasteiger partial charge in [0.15, 0.2) is 5.79 Å². The summed E-state index contributed by atoms with van der Waals surface area (Å²) >= 11 is 0. The van der Waals surface area contributed by atoms with Crippen molar-refractivity contribution in [2.24, 2.45) is 0 Å². The molecule has 62 heavy (non-hydrogen) atoms. The molecule has 0 aliphatic carbocycles. The van der Waals surface area contributed by atoms with Gasteiger partial charge in [-0.3, -0.25) is 9.59 Å². The number of imidazole rings is 2. The molecule has 1 fully saturated rings. The van der Waals surface area contributed by atoms with Gasteiger partial charge in [-0.2, -0.15) is 0 Å². The van der Waals surface area contributed by atoms with Crippen molar-refractivity contribution in [3.8, 4) is 11.1 Å². The van der Waals surface area contributed by atoms with Gasteiger partial charge >= 0.3 is 12.2 Å². The Labute approximate surface area is 356 Å². The van der Waals surface area contributed by atoms with Crippen LogP contribution in [0.5, 0.6) is 0 Å². The molecule has 16 nitrogen and oxygen atoms in total. The number of hydrogen-bond donors (Lipinski definition) is 4. The second kappa shape index (κ2) is 17.9. The van der Waals surface area contributed by atoms with Gasteiger partial charge in [-0.1, -0.05) is 73.7 Å². The quantitative estimate of drug-likeness (QED) is 0.0917. The Bertz CT molecular complexity index is 2780. The molecular formula is C46H48N8O8. The lowest BCUT2D eigenvalue weighted by molar-refractivity contribution is -0.167. The van der Waals surface area contributed by atoms with E-state index < -0.39 is 24.0 Å². The summed E-state index contributed by atoms with van der Waals surface area (Å²) in [5.74, 6) is -0.384. The van der Waals surface area contributed by atoms with E-state index in [0.717, 1.165) is 54.7 Å². The second-order valence-corrected chi connectivity index (χ2v) is 15.3. The number of aromatic nitrogens is 4. The Morgan fingerprint density at radius 1 is 0.758 bits per heavy atom. The van der Waals surface area contributed by atoms with Gasteiger partial charge in [-0.25, -0.2) is 19.6 Å². The molecule has 7 aromatic rings. The maximum atomic E-state index is 14.0. The Morgan fingerprint density at radius 3 is 1.87 bits per heavy atom. The van der Waals surface area contributed by atoms with E-state index in [1.165, 1.54) is 14.2 Å². The largest absolute Gasteiger partial charge is 0.453 e. The van der Waals surface area contributed by atoms with Crippen molar-refractivity contribution in [2.75, 3.05) is 47.1 Å². The van der Waals surface area contributed by atoms with Crippen molar-refractivity contribution < 1.29 is 38.1 Å². The van der Waals surface area contributed by atoms with Gasteiger partial charge in [0.1, 0.15) is 24.2 Å². The summed E-state index contributed by atoms with van der Waals surface area (Å²) in [6, 6.07) is 28.8. The highest BCUT2D eigenvalue weighted by Gasteiger charge is 2.35. The Balaban J connectivity index is 1.03. The zero-order valence-electron chi connectivity index (χ0n) is 34.9. The summed E-state index contributed by atoms with van der Waals surface area (Å²) in [6.07, 6.45) is -0.677. The molecular weight excluding hydrogens is 793 g/mol. The van der Waals surface area contributed by atoms with Crippen molar-refractivity contribution in [3.05, 3.63) is 108 Å². The third-order valence-corrected chi connectivity index (χ3v) is 11.0. The lowest BCUT2D eigenvalue weighted by Gasteiger charge is -2.30. The summed E-state index contributed by atoms with van der Waals surface area (Å²) in [4.78, 5) is 71.2. The summed E-state index contributed by atoms with van der Waals surface area (Å²) in [5, 5.41) is 9.09. The predicted molar refractivity (Wildman–Crippen MR) is 233 cm³/mol. The number of amides is 4. The lowest BCUT2D eigenvalue weighted by Crippen LogP contribution is -2.47. The van der Waals surface area contributed by atoms with Crippen molar-refractivity contribution in [3.63, 3.8) is 0 Å². The molecule has 0 saturated carbocycles. The number of hydrogen-bond acceptors (Lipinski definition) is 10. The number of benzene rings is 5. The van der Waals surface area contributed by atoms with Crippen LogP contribution >= 0.6 is 0 Å². The Morgan fingerprint density at radius 2 is 1.32 bits per heavy atom. The molecule has 2 aromatic heterocycles. The normalized spacial score (nSPS) is 13.9. The number of fused-ring (bicyclic) bond motifs is 6. The number of nitrogens with one attached hydrogen (secondary N) is 4. The van der Waals surface area contributed by atoms with E-state index in [0.29, 0.717) is 43.4 Å². The molecule has 1 aliphatic heterocycles. The number of alkyl carbamates (subject to hydrolysis) is 2. The van der Waals surface area contributed by atoms with Gasteiger partial charge in [0.2, 0.25) is 11.8 Å². The lowest BCUT2D eigenvalue weighted by atomic mass is 9.98. The van der Waals surface area contributed by atoms with Crippen LogP contribution in [-0.2, 0) is 41.6 Å². The number of methoxy groups -OCH3 is 2. The van der Waals surface area contributed by atoms with Gasteiger partial charge in [0.05, 0.1) is 69.1 Å². The zero-order chi connectivity index (χ0) is 43.4. The smallest absolute Gasteiger partial charge is 0.407 e. The van der Waals surface area contributed by atoms with Gasteiger partial charge < -0.3 is 49.3 Å². The van der Waals surface area contributed by atoms with Gasteiger partial charge in [0.25, 0.3) is 0 Å². The first-order chi connectivity index (χ1) is 30.0. The van der Waals surface area contributed by atoms with Crippen molar-refractivity contribution in [2.45, 2.75) is 45.2 Å². The first-order valence-electron chi connectivity index (χ1n) is 20.4. The minimum absolute atomic E-state index is 0.137. The van der Waals surface area contributed by atoms with Crippen LogP contribution in [-0.4, -0.2) is 107 Å². The van der Waals surface area contributed by atoms with Gasteiger partial charge in [-0.15, -0.1) is 0 Å². The highest BCUT2D eigenvalue weighted by atomic mass is 16.7. The number of ether oxygens (including phenoxy) is 4. The molecule has 4 amide bonds. The number of carbonyl (C=O) groups excluding carboxylic acids is 4. The van der Waals surface area contributed by atoms with E-state index in [1.54, 1.807) is 28.9 Å². The number of rotatable bonds is 14. The van der Waals surface area contributed by atoms with Crippen molar-refractivity contribution in [1.82, 2.24) is 40.4 Å². The summed E-state index contributed by atoms with van der Waals surface area (Å²) in [7, 11) is 2.51. The summed E-state index contributed by atoms with van der Waals surface area (Å²) < 4.78 is 21.0. The van der Waals surface area contributed by atoms with E-state index in [2.05, 4.69) is 67.8 Å². The fourth-order valence-corrected chi connectivity index (χ4v) is 7.96. The fourth-order valence-electron chi connectivity index (χ4n) is 7.96. The zero-order valence-corrected chi connectivity index (χ0v) is 34.9. The predicted octanol–water partition coefficient (Wildman–Crippen LogP) is 6.70. The van der Waals surface area contributed by atoms with Crippen LogP contribution in [0.3, 0.4) is 0 Å². The van der Waals surface area contributed by atoms with Crippen LogP contribution in [0.2, 0.25) is 0 Å². The molecule has 0 spiro atoms. The fraction of sp³-hybridized carbons (Fsp3) is 0.304. The van der Waals surface area contributed by atoms with Crippen LogP contribution in [0.15, 0.2) is 91.0 Å². The summed E-state index contributed by atoms with van der Waals surface area (Å²) in [6.45, 7) is 5.34. The monoisotopic (exact) mass is 840 g/mol. The molecule has 0 unspecified atom stereocenters. The number of aromatic amines is 2. The summed E-state index contributed by atoms with van der Waals surface area (Å²) in [5.41, 5.74) is 5.96. The molecule has 4 N–H and O–H groups in total. The van der Waals surface area contributed by atoms with Crippen molar-refractivity contribution >= 4 is 67.6 Å². The number of nitrogens with zero attached hydrogens (tertiary/aromatic N) is 4. The SMILES string of the molecule is CCCN(Cc1nc2c(ccc3cc(-c4ccc5c(ccc6[nH]c(CN(CC7(C)OCCO7)C(=O)CNC(=O)OC)nc65)c4)ccc32)[nH]1)C(=O)[C@H](NC(=O)OC)c1ccccc1.